The standard InChI is InChI=1S/C16H22N4O3S/c1-3-13(23-2)15(22)19-6-4-18(5-7-19)11-12-10-14(21)20-8-9-24-16(20)17-12/h8-10,13H,3-7,11H2,1-2H3. The molecular formula is C16H22N4O3S. The molecule has 0 spiro atoms. The average molecular weight is 350 g/mol. The van der Waals surface area contributed by atoms with Crippen molar-refractivity contribution in [2.24, 2.45) is 0 Å². The Morgan fingerprint density at radius 2 is 2.12 bits per heavy atom. The predicted molar refractivity (Wildman–Crippen MR) is 92.3 cm³/mol. The van der Waals surface area contributed by atoms with Gasteiger partial charge >= 0.3 is 0 Å². The lowest BCUT2D eigenvalue weighted by atomic mass is 10.2. The highest BCUT2D eigenvalue weighted by Gasteiger charge is 2.26. The first-order chi connectivity index (χ1) is 11.6. The fourth-order valence-electron chi connectivity index (χ4n) is 2.97. The van der Waals surface area contributed by atoms with Crippen LogP contribution in [0.2, 0.25) is 0 Å². The van der Waals surface area contributed by atoms with E-state index in [1.54, 1.807) is 23.8 Å². The molecule has 1 amide bonds. The highest BCUT2D eigenvalue weighted by molar-refractivity contribution is 7.15. The van der Waals surface area contributed by atoms with Crippen LogP contribution in [0.25, 0.3) is 4.96 Å². The first-order valence-electron chi connectivity index (χ1n) is 8.12. The Kier molecular flexibility index (Phi) is 5.27. The summed E-state index contributed by atoms with van der Waals surface area (Å²) in [7, 11) is 1.58. The summed E-state index contributed by atoms with van der Waals surface area (Å²) in [4.78, 5) is 33.7. The van der Waals surface area contributed by atoms with E-state index in [0.717, 1.165) is 23.7 Å². The molecule has 1 unspecified atom stereocenters. The summed E-state index contributed by atoms with van der Waals surface area (Å²) in [6, 6.07) is 1.59. The SMILES string of the molecule is CCC(OC)C(=O)N1CCN(Cc2cc(=O)n3ccsc3n2)CC1. The first-order valence-corrected chi connectivity index (χ1v) is 9.00. The lowest BCUT2D eigenvalue weighted by Gasteiger charge is -2.35. The van der Waals surface area contributed by atoms with Gasteiger partial charge in [-0.25, -0.2) is 4.98 Å². The van der Waals surface area contributed by atoms with Gasteiger partial charge in [-0.15, -0.1) is 11.3 Å². The lowest BCUT2D eigenvalue weighted by Crippen LogP contribution is -2.51. The smallest absolute Gasteiger partial charge is 0.258 e. The molecule has 130 valence electrons. The molecule has 1 aliphatic rings. The monoisotopic (exact) mass is 350 g/mol. The van der Waals surface area contributed by atoms with Crippen LogP contribution < -0.4 is 5.56 Å². The fourth-order valence-corrected chi connectivity index (χ4v) is 3.71. The van der Waals surface area contributed by atoms with Crippen molar-refractivity contribution in [3.63, 3.8) is 0 Å². The Balaban J connectivity index is 1.60. The Morgan fingerprint density at radius 3 is 2.79 bits per heavy atom. The zero-order valence-electron chi connectivity index (χ0n) is 14.0. The number of carbonyl (C=O) groups is 1. The Hall–Kier alpha value is -1.77. The summed E-state index contributed by atoms with van der Waals surface area (Å²) < 4.78 is 6.79. The highest BCUT2D eigenvalue weighted by Crippen LogP contribution is 2.11. The number of thiazole rings is 1. The van der Waals surface area contributed by atoms with Crippen LogP contribution in [0.15, 0.2) is 22.4 Å². The number of methoxy groups -OCH3 is 1. The van der Waals surface area contributed by atoms with Crippen molar-refractivity contribution < 1.29 is 9.53 Å². The topological polar surface area (TPSA) is 67.2 Å². The van der Waals surface area contributed by atoms with Crippen LogP contribution in [-0.2, 0) is 16.1 Å². The average Bonchev–Trinajstić information content (AvgIpc) is 3.05. The molecular weight excluding hydrogens is 328 g/mol. The van der Waals surface area contributed by atoms with E-state index in [0.29, 0.717) is 26.1 Å². The molecule has 24 heavy (non-hydrogen) atoms. The Morgan fingerprint density at radius 1 is 1.38 bits per heavy atom. The van der Waals surface area contributed by atoms with Crippen LogP contribution >= 0.6 is 11.3 Å². The van der Waals surface area contributed by atoms with E-state index in [4.69, 9.17) is 4.74 Å². The molecule has 3 heterocycles. The second-order valence-corrected chi connectivity index (χ2v) is 6.75. The number of carbonyl (C=O) groups excluding carboxylic acids is 1. The quantitative estimate of drug-likeness (QED) is 0.799. The summed E-state index contributed by atoms with van der Waals surface area (Å²) in [5, 5.41) is 1.86. The molecule has 2 aromatic heterocycles. The molecule has 1 atom stereocenters. The minimum atomic E-state index is -0.348. The van der Waals surface area contributed by atoms with E-state index in [-0.39, 0.29) is 17.6 Å². The lowest BCUT2D eigenvalue weighted by molar-refractivity contribution is -0.144. The number of hydrogen-bond acceptors (Lipinski definition) is 6. The maximum absolute atomic E-state index is 12.3. The van der Waals surface area contributed by atoms with Gasteiger partial charge in [0.15, 0.2) is 4.96 Å². The Labute approximate surface area is 144 Å². The summed E-state index contributed by atoms with van der Waals surface area (Å²) in [6.45, 7) is 5.49. The van der Waals surface area contributed by atoms with Gasteiger partial charge in [-0.1, -0.05) is 6.92 Å². The fraction of sp³-hybridized carbons (Fsp3) is 0.562. The zero-order valence-corrected chi connectivity index (χ0v) is 14.8. The largest absolute Gasteiger partial charge is 0.372 e. The second kappa shape index (κ2) is 7.42. The van der Waals surface area contributed by atoms with Gasteiger partial charge in [-0.05, 0) is 6.42 Å². The van der Waals surface area contributed by atoms with Crippen LogP contribution in [0, 0.1) is 0 Å². The van der Waals surface area contributed by atoms with Crippen molar-refractivity contribution in [2.75, 3.05) is 33.3 Å². The summed E-state index contributed by atoms with van der Waals surface area (Å²) in [6.07, 6.45) is 2.08. The molecule has 0 aliphatic carbocycles. The minimum Gasteiger partial charge on any atom is -0.372 e. The van der Waals surface area contributed by atoms with E-state index in [9.17, 15) is 9.59 Å². The maximum atomic E-state index is 12.3. The third-order valence-electron chi connectivity index (χ3n) is 4.36. The Bertz CT molecular complexity index is 760. The van der Waals surface area contributed by atoms with Crippen LogP contribution in [0.1, 0.15) is 19.0 Å². The van der Waals surface area contributed by atoms with E-state index >= 15 is 0 Å². The first kappa shape index (κ1) is 17.1. The summed E-state index contributed by atoms with van der Waals surface area (Å²) in [5.41, 5.74) is 0.737. The van der Waals surface area contributed by atoms with Gasteiger partial charge < -0.3 is 9.64 Å². The van der Waals surface area contributed by atoms with Gasteiger partial charge in [0.1, 0.15) is 6.10 Å². The number of piperazine rings is 1. The van der Waals surface area contributed by atoms with Crippen LogP contribution in [0.4, 0.5) is 0 Å². The molecule has 0 radical (unpaired) electrons. The van der Waals surface area contributed by atoms with E-state index < -0.39 is 0 Å². The molecule has 3 rings (SSSR count). The van der Waals surface area contributed by atoms with Gasteiger partial charge in [0.05, 0.1) is 5.69 Å². The van der Waals surface area contributed by atoms with E-state index in [1.807, 2.05) is 17.2 Å². The maximum Gasteiger partial charge on any atom is 0.258 e. The highest BCUT2D eigenvalue weighted by atomic mass is 32.1. The minimum absolute atomic E-state index is 0.0454. The molecule has 1 saturated heterocycles. The number of aromatic nitrogens is 2. The van der Waals surface area contributed by atoms with Gasteiger partial charge in [0, 0.05) is 57.5 Å². The normalized spacial score (nSPS) is 17.3. The number of rotatable bonds is 5. The molecule has 0 N–H and O–H groups in total. The van der Waals surface area contributed by atoms with E-state index in [1.165, 1.54) is 11.3 Å². The van der Waals surface area contributed by atoms with Crippen molar-refractivity contribution in [3.05, 3.63) is 33.7 Å². The zero-order chi connectivity index (χ0) is 17.1. The molecule has 8 heteroatoms. The van der Waals surface area contributed by atoms with Crippen molar-refractivity contribution in [1.82, 2.24) is 19.2 Å². The molecule has 0 bridgehead atoms. The van der Waals surface area contributed by atoms with E-state index in [2.05, 4.69) is 9.88 Å². The number of hydrogen-bond donors (Lipinski definition) is 0. The van der Waals surface area contributed by atoms with Gasteiger partial charge in [-0.3, -0.25) is 18.9 Å². The molecule has 2 aromatic rings. The number of ether oxygens (including phenoxy) is 1. The van der Waals surface area contributed by atoms with Crippen molar-refractivity contribution in [2.45, 2.75) is 26.0 Å². The van der Waals surface area contributed by atoms with Crippen molar-refractivity contribution in [1.29, 1.82) is 0 Å². The van der Waals surface area contributed by atoms with Crippen LogP contribution in [0.3, 0.4) is 0 Å². The summed E-state index contributed by atoms with van der Waals surface area (Å²) >= 11 is 1.46. The second-order valence-electron chi connectivity index (χ2n) is 5.88. The third-order valence-corrected chi connectivity index (χ3v) is 5.11. The van der Waals surface area contributed by atoms with Crippen LogP contribution in [0.5, 0.6) is 0 Å². The van der Waals surface area contributed by atoms with Crippen LogP contribution in [-0.4, -0.2) is 64.5 Å². The van der Waals surface area contributed by atoms with Gasteiger partial charge in [0.2, 0.25) is 0 Å². The molecule has 1 aliphatic heterocycles. The number of amides is 1. The summed E-state index contributed by atoms with van der Waals surface area (Å²) in [5.74, 6) is 0.0658. The third kappa shape index (κ3) is 3.50. The predicted octanol–water partition coefficient (Wildman–Crippen LogP) is 0.825. The van der Waals surface area contributed by atoms with Crippen molar-refractivity contribution in [3.8, 4) is 0 Å². The molecule has 0 aromatic carbocycles. The van der Waals surface area contributed by atoms with Gasteiger partial charge in [0.25, 0.3) is 11.5 Å². The number of fused-ring (bicyclic) bond motifs is 1. The molecule has 1 fully saturated rings. The van der Waals surface area contributed by atoms with Crippen molar-refractivity contribution >= 4 is 22.2 Å². The van der Waals surface area contributed by atoms with Gasteiger partial charge in [-0.2, -0.15) is 0 Å². The molecule has 0 saturated carbocycles. The molecule has 7 nitrogen and oxygen atoms in total. The number of nitrogens with zero attached hydrogens (tertiary/aromatic N) is 4.